The van der Waals surface area contributed by atoms with E-state index in [9.17, 15) is 4.79 Å². The van der Waals surface area contributed by atoms with Crippen molar-refractivity contribution >= 4 is 5.97 Å². The number of carbonyl (C=O) groups is 1. The molecule has 0 spiro atoms. The van der Waals surface area contributed by atoms with Crippen LogP contribution in [0.5, 0.6) is 11.6 Å². The van der Waals surface area contributed by atoms with E-state index in [-0.39, 0.29) is 11.6 Å². The number of aromatic carboxylic acids is 1. The quantitative estimate of drug-likeness (QED) is 0.735. The van der Waals surface area contributed by atoms with Gasteiger partial charge in [0.2, 0.25) is 5.69 Å². The first-order valence-corrected chi connectivity index (χ1v) is 8.08. The largest absolute Gasteiger partial charge is 0.476 e. The molecule has 0 bridgehead atoms. The number of aromatic amines is 1. The number of benzene rings is 2. The fourth-order valence-corrected chi connectivity index (χ4v) is 2.80. The lowest BCUT2D eigenvalue weighted by Crippen LogP contribution is -1.99. The van der Waals surface area contributed by atoms with Crippen molar-refractivity contribution < 1.29 is 14.6 Å². The predicted molar refractivity (Wildman–Crippen MR) is 91.9 cm³/mol. The minimum absolute atomic E-state index is 0.0534. The number of rotatable bonds is 5. The van der Waals surface area contributed by atoms with Crippen LogP contribution in [0.1, 0.15) is 35.8 Å². The summed E-state index contributed by atoms with van der Waals surface area (Å²) < 4.78 is 5.49. The van der Waals surface area contributed by atoms with Crippen LogP contribution in [-0.4, -0.2) is 26.5 Å². The molecule has 6 heteroatoms. The number of aromatic nitrogens is 3. The third kappa shape index (κ3) is 2.98. The molecule has 1 saturated carbocycles. The SMILES string of the molecule is CC1(c2ccc(-c3ccc(Oc4nn[nH]c4C(=O)O)cc3)cc2)CC1. The van der Waals surface area contributed by atoms with Crippen LogP contribution in [0.2, 0.25) is 0 Å². The number of H-pyrrole nitrogens is 1. The summed E-state index contributed by atoms with van der Waals surface area (Å²) in [5.74, 6) is -0.717. The van der Waals surface area contributed by atoms with Gasteiger partial charge >= 0.3 is 5.97 Å². The lowest BCUT2D eigenvalue weighted by atomic mass is 9.95. The maximum atomic E-state index is 11.0. The zero-order valence-electron chi connectivity index (χ0n) is 13.7. The van der Waals surface area contributed by atoms with E-state index in [4.69, 9.17) is 9.84 Å². The van der Waals surface area contributed by atoms with Crippen molar-refractivity contribution in [3.63, 3.8) is 0 Å². The van der Waals surface area contributed by atoms with E-state index in [1.54, 1.807) is 12.1 Å². The van der Waals surface area contributed by atoms with E-state index < -0.39 is 5.97 Å². The maximum absolute atomic E-state index is 11.0. The molecule has 2 aromatic carbocycles. The summed E-state index contributed by atoms with van der Waals surface area (Å²) in [6.07, 6.45) is 2.53. The molecule has 6 nitrogen and oxygen atoms in total. The number of nitrogens with zero attached hydrogens (tertiary/aromatic N) is 2. The van der Waals surface area contributed by atoms with Crippen molar-refractivity contribution in [3.8, 4) is 22.8 Å². The van der Waals surface area contributed by atoms with Crippen LogP contribution in [0.3, 0.4) is 0 Å². The monoisotopic (exact) mass is 335 g/mol. The van der Waals surface area contributed by atoms with Crippen LogP contribution in [0.4, 0.5) is 0 Å². The molecular formula is C19H17N3O3. The molecular weight excluding hydrogens is 318 g/mol. The van der Waals surface area contributed by atoms with Gasteiger partial charge in [-0.15, -0.1) is 0 Å². The molecule has 2 N–H and O–H groups in total. The highest BCUT2D eigenvalue weighted by Gasteiger charge is 2.38. The van der Waals surface area contributed by atoms with Gasteiger partial charge in [-0.05, 0) is 47.1 Å². The van der Waals surface area contributed by atoms with E-state index >= 15 is 0 Å². The van der Waals surface area contributed by atoms with Gasteiger partial charge in [0, 0.05) is 0 Å². The van der Waals surface area contributed by atoms with Crippen LogP contribution in [0, 0.1) is 0 Å². The van der Waals surface area contributed by atoms with Crippen LogP contribution >= 0.6 is 0 Å². The lowest BCUT2D eigenvalue weighted by molar-refractivity contribution is 0.0687. The number of hydrogen-bond acceptors (Lipinski definition) is 4. The van der Waals surface area contributed by atoms with E-state index in [2.05, 4.69) is 46.6 Å². The second kappa shape index (κ2) is 5.73. The highest BCUT2D eigenvalue weighted by Crippen LogP contribution is 2.47. The highest BCUT2D eigenvalue weighted by atomic mass is 16.5. The first-order chi connectivity index (χ1) is 12.0. The van der Waals surface area contributed by atoms with Gasteiger partial charge in [0.15, 0.2) is 0 Å². The maximum Gasteiger partial charge on any atom is 0.359 e. The molecule has 25 heavy (non-hydrogen) atoms. The Morgan fingerprint density at radius 2 is 1.68 bits per heavy atom. The minimum Gasteiger partial charge on any atom is -0.476 e. The molecule has 1 aromatic heterocycles. The standard InChI is InChI=1S/C19H17N3O3/c1-19(10-11-19)14-6-2-12(3-7-14)13-4-8-15(9-5-13)25-17-16(18(23)24)20-22-21-17/h2-9H,10-11H2,1H3,(H,23,24)(H,20,21,22). The third-order valence-corrected chi connectivity index (χ3v) is 4.71. The zero-order chi connectivity index (χ0) is 17.4. The van der Waals surface area contributed by atoms with Gasteiger partial charge in [0.1, 0.15) is 5.75 Å². The molecule has 0 radical (unpaired) electrons. The van der Waals surface area contributed by atoms with Gasteiger partial charge in [-0.25, -0.2) is 9.89 Å². The summed E-state index contributed by atoms with van der Waals surface area (Å²) in [5, 5.41) is 18.4. The smallest absolute Gasteiger partial charge is 0.359 e. The van der Waals surface area contributed by atoms with Crippen molar-refractivity contribution in [1.29, 1.82) is 0 Å². The van der Waals surface area contributed by atoms with Crippen molar-refractivity contribution in [2.75, 3.05) is 0 Å². The van der Waals surface area contributed by atoms with Gasteiger partial charge in [0.05, 0.1) is 0 Å². The van der Waals surface area contributed by atoms with Gasteiger partial charge in [0.25, 0.3) is 5.88 Å². The number of carboxylic acids is 1. The predicted octanol–water partition coefficient (Wildman–Crippen LogP) is 4.01. The molecule has 0 saturated heterocycles. The summed E-state index contributed by atoms with van der Waals surface area (Å²) >= 11 is 0. The van der Waals surface area contributed by atoms with Gasteiger partial charge < -0.3 is 9.84 Å². The first-order valence-electron chi connectivity index (χ1n) is 8.08. The van der Waals surface area contributed by atoms with Crippen LogP contribution in [0.15, 0.2) is 48.5 Å². The Hall–Kier alpha value is -3.15. The Kier molecular flexibility index (Phi) is 3.53. The van der Waals surface area contributed by atoms with E-state index in [0.717, 1.165) is 11.1 Å². The number of carboxylic acid groups (broad SMARTS) is 1. The number of hydrogen-bond donors (Lipinski definition) is 2. The third-order valence-electron chi connectivity index (χ3n) is 4.71. The van der Waals surface area contributed by atoms with Gasteiger partial charge in [-0.1, -0.05) is 53.6 Å². The van der Waals surface area contributed by atoms with Gasteiger partial charge in [-0.3, -0.25) is 0 Å². The molecule has 3 aromatic rings. The second-order valence-corrected chi connectivity index (χ2v) is 6.56. The Morgan fingerprint density at radius 1 is 1.08 bits per heavy atom. The molecule has 126 valence electrons. The number of ether oxygens (including phenoxy) is 1. The van der Waals surface area contributed by atoms with E-state index in [1.807, 2.05) is 12.1 Å². The summed E-state index contributed by atoms with van der Waals surface area (Å²) in [6.45, 7) is 2.30. The Labute approximate surface area is 144 Å². The van der Waals surface area contributed by atoms with Crippen molar-refractivity contribution in [2.24, 2.45) is 0 Å². The van der Waals surface area contributed by atoms with E-state index in [0.29, 0.717) is 11.2 Å². The van der Waals surface area contributed by atoms with Crippen molar-refractivity contribution in [2.45, 2.75) is 25.2 Å². The normalized spacial score (nSPS) is 14.9. The van der Waals surface area contributed by atoms with Crippen molar-refractivity contribution in [3.05, 3.63) is 59.8 Å². The van der Waals surface area contributed by atoms with Crippen LogP contribution < -0.4 is 4.74 Å². The second-order valence-electron chi connectivity index (χ2n) is 6.56. The summed E-state index contributed by atoms with van der Waals surface area (Å²) in [4.78, 5) is 11.0. The van der Waals surface area contributed by atoms with Crippen molar-refractivity contribution in [1.82, 2.24) is 15.4 Å². The van der Waals surface area contributed by atoms with E-state index in [1.165, 1.54) is 18.4 Å². The van der Waals surface area contributed by atoms with Crippen LogP contribution in [0.25, 0.3) is 11.1 Å². The summed E-state index contributed by atoms with van der Waals surface area (Å²) in [6, 6.07) is 16.1. The fourth-order valence-electron chi connectivity index (χ4n) is 2.80. The topological polar surface area (TPSA) is 88.1 Å². The molecule has 0 aliphatic heterocycles. The molecule has 0 unspecified atom stereocenters. The fraction of sp³-hybridized carbons (Fsp3) is 0.211. The summed E-state index contributed by atoms with van der Waals surface area (Å²) in [7, 11) is 0. The van der Waals surface area contributed by atoms with Gasteiger partial charge in [-0.2, -0.15) is 0 Å². The Balaban J connectivity index is 1.52. The zero-order valence-corrected chi connectivity index (χ0v) is 13.7. The molecule has 0 amide bonds. The molecule has 1 fully saturated rings. The highest BCUT2D eigenvalue weighted by molar-refractivity contribution is 5.87. The summed E-state index contributed by atoms with van der Waals surface area (Å²) in [5.41, 5.74) is 3.79. The first kappa shape index (κ1) is 15.4. The average Bonchev–Trinajstić information content (AvgIpc) is 3.20. The molecule has 1 aliphatic carbocycles. The minimum atomic E-state index is -1.17. The molecule has 1 aliphatic rings. The number of nitrogens with one attached hydrogen (secondary N) is 1. The molecule has 1 heterocycles. The van der Waals surface area contributed by atoms with Crippen LogP contribution in [-0.2, 0) is 5.41 Å². The Bertz CT molecular complexity index is 910. The molecule has 4 rings (SSSR count). The molecule has 0 atom stereocenters. The lowest BCUT2D eigenvalue weighted by Gasteiger charge is -2.10. The Morgan fingerprint density at radius 3 is 2.24 bits per heavy atom. The average molecular weight is 335 g/mol.